The van der Waals surface area contributed by atoms with Crippen molar-refractivity contribution in [2.75, 3.05) is 11.9 Å². The molecule has 3 nitrogen and oxygen atoms in total. The van der Waals surface area contributed by atoms with E-state index in [2.05, 4.69) is 27.3 Å². The number of benzene rings is 2. The molecule has 0 saturated heterocycles. The third kappa shape index (κ3) is 4.60. The van der Waals surface area contributed by atoms with Gasteiger partial charge in [-0.15, -0.1) is 0 Å². The summed E-state index contributed by atoms with van der Waals surface area (Å²) in [5.41, 5.74) is 4.03. The van der Waals surface area contributed by atoms with E-state index in [9.17, 15) is 4.79 Å². The summed E-state index contributed by atoms with van der Waals surface area (Å²) in [7, 11) is 0. The fraction of sp³-hybridized carbons (Fsp3) is 0.235. The maximum Gasteiger partial charge on any atom is 0.262 e. The van der Waals surface area contributed by atoms with Gasteiger partial charge in [-0.05, 0) is 67.8 Å². The van der Waals surface area contributed by atoms with E-state index < -0.39 is 0 Å². The topological polar surface area (TPSA) is 38.3 Å². The number of rotatable bonds is 4. The Kier molecular flexibility index (Phi) is 5.02. The maximum atomic E-state index is 11.9. The van der Waals surface area contributed by atoms with E-state index in [-0.39, 0.29) is 12.5 Å². The van der Waals surface area contributed by atoms with Crippen molar-refractivity contribution in [3.63, 3.8) is 0 Å². The second-order valence-corrected chi connectivity index (χ2v) is 6.04. The Labute approximate surface area is 133 Å². The van der Waals surface area contributed by atoms with Crippen LogP contribution in [0, 0.1) is 20.8 Å². The Morgan fingerprint density at radius 3 is 2.38 bits per heavy atom. The van der Waals surface area contributed by atoms with Crippen LogP contribution in [0.25, 0.3) is 0 Å². The van der Waals surface area contributed by atoms with Crippen LogP contribution in [0.1, 0.15) is 16.7 Å². The zero-order chi connectivity index (χ0) is 15.4. The van der Waals surface area contributed by atoms with Crippen LogP contribution >= 0.6 is 15.9 Å². The summed E-state index contributed by atoms with van der Waals surface area (Å²) in [5.74, 6) is 0.552. The van der Waals surface area contributed by atoms with Crippen LogP contribution in [0.3, 0.4) is 0 Å². The van der Waals surface area contributed by atoms with Crippen molar-refractivity contribution < 1.29 is 9.53 Å². The first-order valence-electron chi connectivity index (χ1n) is 6.71. The second-order valence-electron chi connectivity index (χ2n) is 5.12. The first kappa shape index (κ1) is 15.6. The predicted molar refractivity (Wildman–Crippen MR) is 88.9 cm³/mol. The summed E-state index contributed by atoms with van der Waals surface area (Å²) >= 11 is 3.40. The molecule has 1 N–H and O–H groups in total. The molecule has 110 valence electrons. The Hall–Kier alpha value is -1.81. The van der Waals surface area contributed by atoms with Gasteiger partial charge in [0.05, 0.1) is 0 Å². The highest BCUT2D eigenvalue weighted by Crippen LogP contribution is 2.22. The van der Waals surface area contributed by atoms with Gasteiger partial charge in [-0.1, -0.05) is 22.0 Å². The van der Waals surface area contributed by atoms with Crippen molar-refractivity contribution in [2.45, 2.75) is 20.8 Å². The highest BCUT2D eigenvalue weighted by molar-refractivity contribution is 9.10. The molecular formula is C17H18BrNO2. The van der Waals surface area contributed by atoms with Crippen LogP contribution in [0.5, 0.6) is 5.75 Å². The molecule has 0 bridgehead atoms. The number of hydrogen-bond acceptors (Lipinski definition) is 2. The Balaban J connectivity index is 1.95. The van der Waals surface area contributed by atoms with Crippen molar-refractivity contribution >= 4 is 27.5 Å². The molecule has 0 atom stereocenters. The van der Waals surface area contributed by atoms with E-state index >= 15 is 0 Å². The lowest BCUT2D eigenvalue weighted by molar-refractivity contribution is -0.118. The zero-order valence-electron chi connectivity index (χ0n) is 12.4. The van der Waals surface area contributed by atoms with Crippen LogP contribution in [0.4, 0.5) is 5.69 Å². The van der Waals surface area contributed by atoms with E-state index in [0.717, 1.165) is 26.9 Å². The Bertz CT molecular complexity index is 648. The van der Waals surface area contributed by atoms with Crippen molar-refractivity contribution in [2.24, 2.45) is 0 Å². The number of hydrogen-bond donors (Lipinski definition) is 1. The van der Waals surface area contributed by atoms with Gasteiger partial charge in [-0.3, -0.25) is 4.79 Å². The first-order chi connectivity index (χ1) is 9.94. The molecule has 4 heteroatoms. The van der Waals surface area contributed by atoms with Crippen molar-refractivity contribution in [3.8, 4) is 5.75 Å². The normalized spacial score (nSPS) is 10.3. The minimum absolute atomic E-state index is 0.00450. The van der Waals surface area contributed by atoms with E-state index in [1.54, 1.807) is 0 Å². The van der Waals surface area contributed by atoms with Gasteiger partial charge in [0.15, 0.2) is 6.61 Å². The summed E-state index contributed by atoms with van der Waals surface area (Å²) in [6.45, 7) is 5.95. The quantitative estimate of drug-likeness (QED) is 0.890. The predicted octanol–water partition coefficient (Wildman–Crippen LogP) is 4.39. The lowest BCUT2D eigenvalue weighted by Gasteiger charge is -2.10. The van der Waals surface area contributed by atoms with Gasteiger partial charge in [0, 0.05) is 10.2 Å². The summed E-state index contributed by atoms with van der Waals surface area (Å²) < 4.78 is 6.55. The fourth-order valence-electron chi connectivity index (χ4n) is 2.16. The summed E-state index contributed by atoms with van der Waals surface area (Å²) in [4.78, 5) is 11.9. The SMILES string of the molecule is Cc1cc(C)cc(NC(=O)COc2ccc(Br)cc2C)c1. The van der Waals surface area contributed by atoms with Gasteiger partial charge in [0.2, 0.25) is 0 Å². The number of amides is 1. The summed E-state index contributed by atoms with van der Waals surface area (Å²) in [6.07, 6.45) is 0. The van der Waals surface area contributed by atoms with E-state index in [1.807, 2.05) is 51.1 Å². The van der Waals surface area contributed by atoms with Gasteiger partial charge in [0.1, 0.15) is 5.75 Å². The number of nitrogens with one attached hydrogen (secondary N) is 1. The van der Waals surface area contributed by atoms with Gasteiger partial charge in [-0.25, -0.2) is 0 Å². The molecule has 1 amide bonds. The minimum atomic E-state index is -0.165. The lowest BCUT2D eigenvalue weighted by atomic mass is 10.1. The number of ether oxygens (including phenoxy) is 1. The second kappa shape index (κ2) is 6.76. The van der Waals surface area contributed by atoms with Crippen LogP contribution < -0.4 is 10.1 Å². The van der Waals surface area contributed by atoms with Crippen LogP contribution in [0.15, 0.2) is 40.9 Å². The smallest absolute Gasteiger partial charge is 0.262 e. The molecule has 0 fully saturated rings. The zero-order valence-corrected chi connectivity index (χ0v) is 14.0. The molecule has 0 heterocycles. The molecule has 2 rings (SSSR count). The van der Waals surface area contributed by atoms with E-state index in [4.69, 9.17) is 4.74 Å². The monoisotopic (exact) mass is 347 g/mol. The molecule has 0 spiro atoms. The average Bonchev–Trinajstić information content (AvgIpc) is 2.36. The van der Waals surface area contributed by atoms with Crippen molar-refractivity contribution in [1.82, 2.24) is 0 Å². The van der Waals surface area contributed by atoms with Gasteiger partial charge in [-0.2, -0.15) is 0 Å². The van der Waals surface area contributed by atoms with Gasteiger partial charge >= 0.3 is 0 Å². The Morgan fingerprint density at radius 2 is 1.76 bits per heavy atom. The van der Waals surface area contributed by atoms with Crippen LogP contribution in [-0.4, -0.2) is 12.5 Å². The molecule has 2 aromatic rings. The summed E-state index contributed by atoms with van der Waals surface area (Å²) in [6, 6.07) is 11.6. The fourth-order valence-corrected chi connectivity index (χ4v) is 2.64. The molecule has 0 saturated carbocycles. The van der Waals surface area contributed by atoms with Crippen molar-refractivity contribution in [3.05, 3.63) is 57.6 Å². The molecule has 0 aliphatic carbocycles. The van der Waals surface area contributed by atoms with Crippen molar-refractivity contribution in [1.29, 1.82) is 0 Å². The standard InChI is InChI=1S/C17H18BrNO2/c1-11-6-12(2)8-15(7-11)19-17(20)10-21-16-5-4-14(18)9-13(16)3/h4-9H,10H2,1-3H3,(H,19,20). The molecule has 0 aliphatic rings. The lowest BCUT2D eigenvalue weighted by Crippen LogP contribution is -2.20. The molecule has 0 aliphatic heterocycles. The number of carbonyl (C=O) groups is 1. The van der Waals surface area contributed by atoms with E-state index in [1.165, 1.54) is 0 Å². The third-order valence-electron chi connectivity index (χ3n) is 3.00. The van der Waals surface area contributed by atoms with Gasteiger partial charge < -0.3 is 10.1 Å². The highest BCUT2D eigenvalue weighted by Gasteiger charge is 2.06. The third-order valence-corrected chi connectivity index (χ3v) is 3.49. The number of anilines is 1. The van der Waals surface area contributed by atoms with E-state index in [0.29, 0.717) is 5.75 Å². The highest BCUT2D eigenvalue weighted by atomic mass is 79.9. The molecule has 2 aromatic carbocycles. The van der Waals surface area contributed by atoms with Crippen LogP contribution in [0.2, 0.25) is 0 Å². The minimum Gasteiger partial charge on any atom is -0.483 e. The van der Waals surface area contributed by atoms with Gasteiger partial charge in [0.25, 0.3) is 5.91 Å². The molecule has 0 radical (unpaired) electrons. The molecular weight excluding hydrogens is 330 g/mol. The molecule has 0 unspecified atom stereocenters. The first-order valence-corrected chi connectivity index (χ1v) is 7.50. The van der Waals surface area contributed by atoms with Crippen LogP contribution in [-0.2, 0) is 4.79 Å². The average molecular weight is 348 g/mol. The molecule has 21 heavy (non-hydrogen) atoms. The molecule has 0 aromatic heterocycles. The Morgan fingerprint density at radius 1 is 1.10 bits per heavy atom. The maximum absolute atomic E-state index is 11.9. The summed E-state index contributed by atoms with van der Waals surface area (Å²) in [5, 5.41) is 2.85. The number of aryl methyl sites for hydroxylation is 3. The number of carbonyl (C=O) groups excluding carboxylic acids is 1. The largest absolute Gasteiger partial charge is 0.483 e. The number of halogens is 1.